The van der Waals surface area contributed by atoms with Gasteiger partial charge in [-0.05, 0) is 38.0 Å². The molecule has 0 spiro atoms. The number of carbonyl (C=O) groups excluding carboxylic acids is 1. The van der Waals surface area contributed by atoms with Crippen LogP contribution in [0.3, 0.4) is 0 Å². The van der Waals surface area contributed by atoms with E-state index in [1.54, 1.807) is 23.1 Å². The van der Waals surface area contributed by atoms with Crippen molar-refractivity contribution in [3.8, 4) is 11.5 Å². The van der Waals surface area contributed by atoms with Gasteiger partial charge in [-0.25, -0.2) is 0 Å². The molecule has 4 heteroatoms. The number of benzene rings is 2. The number of ether oxygens (including phenoxy) is 1. The third-order valence-corrected chi connectivity index (χ3v) is 4.19. The summed E-state index contributed by atoms with van der Waals surface area (Å²) in [6.07, 6.45) is 0.855. The number of aromatic hydroxyl groups is 1. The number of rotatable bonds is 4. The van der Waals surface area contributed by atoms with Gasteiger partial charge in [0.05, 0.1) is 5.69 Å². The second kappa shape index (κ2) is 6.56. The van der Waals surface area contributed by atoms with Crippen molar-refractivity contribution in [2.75, 3.05) is 11.4 Å². The minimum absolute atomic E-state index is 0.0471. The highest BCUT2D eigenvalue weighted by molar-refractivity contribution is 6.00. The van der Waals surface area contributed by atoms with Crippen molar-refractivity contribution in [2.45, 2.75) is 39.7 Å². The molecule has 2 aromatic carbocycles. The van der Waals surface area contributed by atoms with Gasteiger partial charge >= 0.3 is 0 Å². The largest absolute Gasteiger partial charge is 0.508 e. The fourth-order valence-corrected chi connectivity index (χ4v) is 3.30. The van der Waals surface area contributed by atoms with Crippen molar-refractivity contribution in [3.63, 3.8) is 0 Å². The maximum Gasteiger partial charge on any atom is 0.268 e. The average Bonchev–Trinajstić information content (AvgIpc) is 2.51. The van der Waals surface area contributed by atoms with E-state index in [1.807, 2.05) is 6.92 Å². The van der Waals surface area contributed by atoms with Gasteiger partial charge in [-0.15, -0.1) is 0 Å². The third-order valence-electron chi connectivity index (χ3n) is 4.19. The molecule has 126 valence electrons. The predicted molar refractivity (Wildman–Crippen MR) is 94.8 cm³/mol. The Hall–Kier alpha value is -2.49. The molecule has 0 saturated carbocycles. The lowest BCUT2D eigenvalue weighted by Gasteiger charge is -2.34. The summed E-state index contributed by atoms with van der Waals surface area (Å²) in [5.41, 5.74) is 4.12. The topological polar surface area (TPSA) is 49.8 Å². The maximum atomic E-state index is 12.9. The van der Waals surface area contributed by atoms with Crippen molar-refractivity contribution in [2.24, 2.45) is 0 Å². The Morgan fingerprint density at radius 3 is 2.50 bits per heavy atom. The average molecular weight is 325 g/mol. The van der Waals surface area contributed by atoms with Gasteiger partial charge in [0, 0.05) is 19.0 Å². The Balaban J connectivity index is 1.92. The number of hydrogen-bond donors (Lipinski definition) is 1. The predicted octanol–water partition coefficient (Wildman–Crippen LogP) is 3.76. The summed E-state index contributed by atoms with van der Waals surface area (Å²) in [7, 11) is 0. The minimum atomic E-state index is -0.533. The van der Waals surface area contributed by atoms with E-state index in [2.05, 4.69) is 32.0 Å². The number of aryl methyl sites for hydroxylation is 2. The normalized spacial score (nSPS) is 16.7. The molecule has 4 nitrogen and oxygen atoms in total. The van der Waals surface area contributed by atoms with E-state index in [9.17, 15) is 9.90 Å². The zero-order chi connectivity index (χ0) is 17.3. The van der Waals surface area contributed by atoms with Crippen LogP contribution >= 0.6 is 0 Å². The molecule has 3 rings (SSSR count). The Labute approximate surface area is 142 Å². The number of carbonyl (C=O) groups is 1. The first kappa shape index (κ1) is 16.4. The SMILES string of the molecule is CCCN1C(=O)C(Cc2cc(C)cc(C)c2)Oc2ccc(O)cc21. The second-order valence-electron chi connectivity index (χ2n) is 6.45. The highest BCUT2D eigenvalue weighted by Gasteiger charge is 2.34. The number of phenolic OH excluding ortho intramolecular Hbond substituents is 1. The number of hydrogen-bond acceptors (Lipinski definition) is 3. The molecular formula is C20H23NO3. The molecule has 1 heterocycles. The molecule has 1 aliphatic heterocycles. The molecule has 1 unspecified atom stereocenters. The fourth-order valence-electron chi connectivity index (χ4n) is 3.30. The zero-order valence-corrected chi connectivity index (χ0v) is 14.4. The van der Waals surface area contributed by atoms with E-state index in [4.69, 9.17) is 4.74 Å². The van der Waals surface area contributed by atoms with Crippen LogP contribution in [-0.2, 0) is 11.2 Å². The smallest absolute Gasteiger partial charge is 0.268 e. The van der Waals surface area contributed by atoms with E-state index >= 15 is 0 Å². The molecule has 1 atom stereocenters. The summed E-state index contributed by atoms with van der Waals surface area (Å²) in [5.74, 6) is 0.739. The molecule has 1 aliphatic rings. The van der Waals surface area contributed by atoms with Crippen molar-refractivity contribution < 1.29 is 14.6 Å². The van der Waals surface area contributed by atoms with E-state index in [0.717, 1.165) is 12.0 Å². The maximum absolute atomic E-state index is 12.9. The second-order valence-corrected chi connectivity index (χ2v) is 6.45. The van der Waals surface area contributed by atoms with Gasteiger partial charge in [-0.3, -0.25) is 4.79 Å². The number of nitrogens with zero attached hydrogens (tertiary/aromatic N) is 1. The van der Waals surface area contributed by atoms with Crippen molar-refractivity contribution in [3.05, 3.63) is 53.1 Å². The lowest BCUT2D eigenvalue weighted by molar-refractivity contribution is -0.126. The lowest BCUT2D eigenvalue weighted by atomic mass is 10.0. The summed E-state index contributed by atoms with van der Waals surface area (Å²) in [5, 5.41) is 9.73. The summed E-state index contributed by atoms with van der Waals surface area (Å²) < 4.78 is 5.96. The van der Waals surface area contributed by atoms with Crippen LogP contribution in [0.1, 0.15) is 30.0 Å². The quantitative estimate of drug-likeness (QED) is 0.931. The number of amides is 1. The monoisotopic (exact) mass is 325 g/mol. The van der Waals surface area contributed by atoms with Crippen LogP contribution in [0.4, 0.5) is 5.69 Å². The van der Waals surface area contributed by atoms with E-state index < -0.39 is 6.10 Å². The molecule has 0 bridgehead atoms. The molecule has 24 heavy (non-hydrogen) atoms. The van der Waals surface area contributed by atoms with Crippen LogP contribution in [0.25, 0.3) is 0 Å². The highest BCUT2D eigenvalue weighted by Crippen LogP contribution is 2.37. The van der Waals surface area contributed by atoms with Crippen molar-refractivity contribution in [1.29, 1.82) is 0 Å². The van der Waals surface area contributed by atoms with Crippen LogP contribution in [-0.4, -0.2) is 23.7 Å². The Kier molecular flexibility index (Phi) is 4.47. The Morgan fingerprint density at radius 1 is 1.12 bits per heavy atom. The van der Waals surface area contributed by atoms with Gasteiger partial charge in [0.25, 0.3) is 5.91 Å². The number of anilines is 1. The Bertz CT molecular complexity index is 749. The van der Waals surface area contributed by atoms with Crippen molar-refractivity contribution >= 4 is 11.6 Å². The number of fused-ring (bicyclic) bond motifs is 1. The molecule has 1 N–H and O–H groups in total. The summed E-state index contributed by atoms with van der Waals surface area (Å²) in [6, 6.07) is 11.2. The van der Waals surface area contributed by atoms with Crippen LogP contribution < -0.4 is 9.64 Å². The Morgan fingerprint density at radius 2 is 1.83 bits per heavy atom. The first-order chi connectivity index (χ1) is 11.5. The van der Waals surface area contributed by atoms with Gasteiger partial charge in [0.15, 0.2) is 6.10 Å². The van der Waals surface area contributed by atoms with Crippen LogP contribution in [0, 0.1) is 13.8 Å². The van der Waals surface area contributed by atoms with Crippen LogP contribution in [0.15, 0.2) is 36.4 Å². The lowest BCUT2D eigenvalue weighted by Crippen LogP contribution is -2.47. The molecule has 0 saturated heterocycles. The van der Waals surface area contributed by atoms with E-state index in [-0.39, 0.29) is 11.7 Å². The summed E-state index contributed by atoms with van der Waals surface area (Å²) in [4.78, 5) is 14.6. The molecule has 2 aromatic rings. The van der Waals surface area contributed by atoms with Crippen molar-refractivity contribution in [1.82, 2.24) is 0 Å². The van der Waals surface area contributed by atoms with Gasteiger partial charge in [0.1, 0.15) is 11.5 Å². The van der Waals surface area contributed by atoms with Gasteiger partial charge < -0.3 is 14.7 Å². The third kappa shape index (κ3) is 3.23. The zero-order valence-electron chi connectivity index (χ0n) is 14.4. The first-order valence-corrected chi connectivity index (χ1v) is 8.36. The van der Waals surface area contributed by atoms with Gasteiger partial charge in [0.2, 0.25) is 0 Å². The van der Waals surface area contributed by atoms with E-state index in [1.165, 1.54) is 11.1 Å². The summed E-state index contributed by atoms with van der Waals surface area (Å²) in [6.45, 7) is 6.76. The molecule has 1 amide bonds. The molecule has 0 fully saturated rings. The minimum Gasteiger partial charge on any atom is -0.508 e. The number of phenols is 1. The molecule has 0 aliphatic carbocycles. The summed E-state index contributed by atoms with van der Waals surface area (Å²) >= 11 is 0. The van der Waals surface area contributed by atoms with Gasteiger partial charge in [-0.1, -0.05) is 36.2 Å². The highest BCUT2D eigenvalue weighted by atomic mass is 16.5. The van der Waals surface area contributed by atoms with Crippen LogP contribution in [0.5, 0.6) is 11.5 Å². The standard InChI is InChI=1S/C20H23NO3/c1-4-7-21-17-12-16(22)5-6-18(17)24-19(20(21)23)11-15-9-13(2)8-14(3)10-15/h5-6,8-10,12,19,22H,4,7,11H2,1-3H3. The first-order valence-electron chi connectivity index (χ1n) is 8.36. The van der Waals surface area contributed by atoms with E-state index in [0.29, 0.717) is 24.4 Å². The molecule has 0 aromatic heterocycles. The molecular weight excluding hydrogens is 302 g/mol. The molecule has 0 radical (unpaired) electrons. The fraction of sp³-hybridized carbons (Fsp3) is 0.350. The van der Waals surface area contributed by atoms with Crippen LogP contribution in [0.2, 0.25) is 0 Å². The van der Waals surface area contributed by atoms with Gasteiger partial charge in [-0.2, -0.15) is 0 Å².